The van der Waals surface area contributed by atoms with Gasteiger partial charge in [0, 0.05) is 0 Å². The molecule has 0 N–H and O–H groups in total. The highest BCUT2D eigenvalue weighted by Gasteiger charge is 2.22. The SMILES string of the molecule is O=[N+]([O-])c1c(Cl)cc(Cl)c(Br)c1Cl. The van der Waals surface area contributed by atoms with Crippen LogP contribution in [0.1, 0.15) is 0 Å². The van der Waals surface area contributed by atoms with Gasteiger partial charge in [-0.2, -0.15) is 0 Å². The lowest BCUT2D eigenvalue weighted by Gasteiger charge is -2.01. The Morgan fingerprint density at radius 1 is 1.31 bits per heavy atom. The molecule has 70 valence electrons. The molecule has 7 heteroatoms. The van der Waals surface area contributed by atoms with Gasteiger partial charge in [0.2, 0.25) is 0 Å². The third-order valence-electron chi connectivity index (χ3n) is 1.27. The molecule has 1 aromatic rings. The van der Waals surface area contributed by atoms with Crippen molar-refractivity contribution in [3.05, 3.63) is 35.7 Å². The van der Waals surface area contributed by atoms with E-state index in [2.05, 4.69) is 15.9 Å². The molecule has 0 fully saturated rings. The van der Waals surface area contributed by atoms with Crippen molar-refractivity contribution in [1.82, 2.24) is 0 Å². The predicted molar refractivity (Wildman–Crippen MR) is 55.8 cm³/mol. The minimum Gasteiger partial charge on any atom is -0.258 e. The Kier molecular flexibility index (Phi) is 3.40. The molecule has 0 radical (unpaired) electrons. The summed E-state index contributed by atoms with van der Waals surface area (Å²) in [5.41, 5.74) is -0.348. The van der Waals surface area contributed by atoms with Crippen LogP contribution in [0, 0.1) is 10.1 Å². The van der Waals surface area contributed by atoms with E-state index >= 15 is 0 Å². The fourth-order valence-electron chi connectivity index (χ4n) is 0.724. The number of rotatable bonds is 1. The number of hydrogen-bond acceptors (Lipinski definition) is 2. The van der Waals surface area contributed by atoms with Gasteiger partial charge in [0.1, 0.15) is 10.0 Å². The molecule has 13 heavy (non-hydrogen) atoms. The molecular formula is C6HBrCl3NO2. The van der Waals surface area contributed by atoms with Crippen molar-refractivity contribution in [2.75, 3.05) is 0 Å². The molecule has 0 aliphatic rings. The Morgan fingerprint density at radius 2 is 1.85 bits per heavy atom. The van der Waals surface area contributed by atoms with E-state index in [4.69, 9.17) is 34.8 Å². The number of nitrogens with zero attached hydrogens (tertiary/aromatic N) is 1. The number of nitro groups is 1. The normalized spacial score (nSPS) is 10.2. The zero-order valence-corrected chi connectivity index (χ0v) is 9.71. The lowest BCUT2D eigenvalue weighted by atomic mass is 10.3. The van der Waals surface area contributed by atoms with Gasteiger partial charge in [0.25, 0.3) is 0 Å². The summed E-state index contributed by atoms with van der Waals surface area (Å²) >= 11 is 19.9. The van der Waals surface area contributed by atoms with E-state index in [0.717, 1.165) is 0 Å². The second kappa shape index (κ2) is 4.00. The summed E-state index contributed by atoms with van der Waals surface area (Å²) < 4.78 is 0.270. The Bertz CT molecular complexity index is 383. The van der Waals surface area contributed by atoms with Crippen molar-refractivity contribution < 1.29 is 4.92 Å². The van der Waals surface area contributed by atoms with Crippen LogP contribution in [0.5, 0.6) is 0 Å². The van der Waals surface area contributed by atoms with Gasteiger partial charge in [-0.05, 0) is 22.0 Å². The molecule has 0 saturated carbocycles. The third kappa shape index (κ3) is 2.07. The summed E-state index contributed by atoms with van der Waals surface area (Å²) in [5.74, 6) is 0. The van der Waals surface area contributed by atoms with Crippen LogP contribution < -0.4 is 0 Å². The maximum atomic E-state index is 10.5. The highest BCUT2D eigenvalue weighted by molar-refractivity contribution is 9.10. The van der Waals surface area contributed by atoms with Gasteiger partial charge in [-0.15, -0.1) is 0 Å². The molecule has 0 spiro atoms. The van der Waals surface area contributed by atoms with Gasteiger partial charge in [-0.1, -0.05) is 34.8 Å². The van der Waals surface area contributed by atoms with E-state index in [9.17, 15) is 10.1 Å². The zero-order chi connectivity index (χ0) is 10.2. The second-order valence-corrected chi connectivity index (χ2v) is 4.06. The Labute approximate surface area is 96.9 Å². The maximum Gasteiger partial charge on any atom is 0.307 e. The second-order valence-electron chi connectivity index (χ2n) is 2.07. The van der Waals surface area contributed by atoms with Crippen LogP contribution in [-0.4, -0.2) is 4.92 Å². The van der Waals surface area contributed by atoms with E-state index in [1.165, 1.54) is 6.07 Å². The molecule has 1 rings (SSSR count). The van der Waals surface area contributed by atoms with Crippen molar-refractivity contribution >= 4 is 56.4 Å². The number of nitro benzene ring substituents is 1. The van der Waals surface area contributed by atoms with Crippen LogP contribution in [0.15, 0.2) is 10.5 Å². The average molecular weight is 305 g/mol. The van der Waals surface area contributed by atoms with Crippen LogP contribution in [0.2, 0.25) is 15.1 Å². The van der Waals surface area contributed by atoms with Gasteiger partial charge in [0.05, 0.1) is 14.4 Å². The van der Waals surface area contributed by atoms with E-state index in [1.807, 2.05) is 0 Å². The average Bonchev–Trinajstić information content (AvgIpc) is 1.99. The van der Waals surface area contributed by atoms with Crippen LogP contribution in [0.3, 0.4) is 0 Å². The van der Waals surface area contributed by atoms with Crippen LogP contribution >= 0.6 is 50.7 Å². The molecule has 0 saturated heterocycles. The third-order valence-corrected chi connectivity index (χ3v) is 3.51. The molecule has 0 unspecified atom stereocenters. The van der Waals surface area contributed by atoms with Crippen molar-refractivity contribution in [2.45, 2.75) is 0 Å². The zero-order valence-electron chi connectivity index (χ0n) is 5.85. The first-order valence-electron chi connectivity index (χ1n) is 2.92. The molecule has 0 bridgehead atoms. The van der Waals surface area contributed by atoms with Crippen LogP contribution in [-0.2, 0) is 0 Å². The summed E-state index contributed by atoms with van der Waals surface area (Å²) in [6, 6.07) is 1.26. The lowest BCUT2D eigenvalue weighted by molar-refractivity contribution is -0.384. The molecule has 0 aromatic heterocycles. The molecule has 0 aliphatic carbocycles. The highest BCUT2D eigenvalue weighted by Crippen LogP contribution is 2.42. The van der Waals surface area contributed by atoms with E-state index in [0.29, 0.717) is 0 Å². The fraction of sp³-hybridized carbons (Fsp3) is 0. The van der Waals surface area contributed by atoms with Gasteiger partial charge in [-0.25, -0.2) is 0 Å². The first-order valence-corrected chi connectivity index (χ1v) is 4.85. The molecular weight excluding hydrogens is 304 g/mol. The van der Waals surface area contributed by atoms with E-state index < -0.39 is 4.92 Å². The molecule has 0 heterocycles. The predicted octanol–water partition coefficient (Wildman–Crippen LogP) is 4.32. The van der Waals surface area contributed by atoms with E-state index in [1.54, 1.807) is 0 Å². The number of benzene rings is 1. The quantitative estimate of drug-likeness (QED) is 0.336. The van der Waals surface area contributed by atoms with Crippen molar-refractivity contribution in [1.29, 1.82) is 0 Å². The first kappa shape index (κ1) is 11.0. The van der Waals surface area contributed by atoms with Crippen molar-refractivity contribution in [2.24, 2.45) is 0 Å². The standard InChI is InChI=1S/C6HBrCl3NO2/c7-4-2(8)1-3(9)6(5(4)10)11(12)13/h1H. The summed E-state index contributed by atoms with van der Waals surface area (Å²) in [7, 11) is 0. The minimum atomic E-state index is -0.661. The smallest absolute Gasteiger partial charge is 0.258 e. The topological polar surface area (TPSA) is 43.1 Å². The van der Waals surface area contributed by atoms with Gasteiger partial charge in [-0.3, -0.25) is 10.1 Å². The molecule has 3 nitrogen and oxygen atoms in total. The van der Waals surface area contributed by atoms with Crippen molar-refractivity contribution in [3.63, 3.8) is 0 Å². The Hall–Kier alpha value is -0.0300. The van der Waals surface area contributed by atoms with Gasteiger partial charge < -0.3 is 0 Å². The monoisotopic (exact) mass is 303 g/mol. The van der Waals surface area contributed by atoms with Crippen LogP contribution in [0.4, 0.5) is 5.69 Å². The Morgan fingerprint density at radius 3 is 2.31 bits per heavy atom. The summed E-state index contributed by atoms with van der Waals surface area (Å²) in [5, 5.41) is 10.5. The lowest BCUT2D eigenvalue weighted by Crippen LogP contribution is -1.91. The minimum absolute atomic E-state index is 0.0804. The summed E-state index contributed by atoms with van der Waals surface area (Å²) in [6.07, 6.45) is 0. The largest absolute Gasteiger partial charge is 0.307 e. The maximum absolute atomic E-state index is 10.5. The molecule has 0 amide bonds. The van der Waals surface area contributed by atoms with Gasteiger partial charge >= 0.3 is 5.69 Å². The number of halogens is 4. The van der Waals surface area contributed by atoms with Crippen molar-refractivity contribution in [3.8, 4) is 0 Å². The number of hydrogen-bond donors (Lipinski definition) is 0. The van der Waals surface area contributed by atoms with Crippen LogP contribution in [0.25, 0.3) is 0 Å². The van der Waals surface area contributed by atoms with E-state index in [-0.39, 0.29) is 25.2 Å². The highest BCUT2D eigenvalue weighted by atomic mass is 79.9. The summed E-state index contributed by atoms with van der Waals surface area (Å²) in [6.45, 7) is 0. The van der Waals surface area contributed by atoms with Gasteiger partial charge in [0.15, 0.2) is 0 Å². The molecule has 1 aromatic carbocycles. The summed E-state index contributed by atoms with van der Waals surface area (Å²) in [4.78, 5) is 9.82. The fourth-order valence-corrected chi connectivity index (χ4v) is 1.93. The molecule has 0 atom stereocenters. The molecule has 0 aliphatic heterocycles. The first-order chi connectivity index (χ1) is 5.95. The Balaban J connectivity index is 3.53.